The van der Waals surface area contributed by atoms with Gasteiger partial charge in [-0.1, -0.05) is 43.2 Å². The summed E-state index contributed by atoms with van der Waals surface area (Å²) in [6.45, 7) is -0.272. The van der Waals surface area contributed by atoms with Crippen LogP contribution in [-0.4, -0.2) is 18.8 Å². The van der Waals surface area contributed by atoms with E-state index in [1.165, 1.54) is 12.1 Å². The maximum atomic E-state index is 13.9. The summed E-state index contributed by atoms with van der Waals surface area (Å²) in [4.78, 5) is 0. The summed E-state index contributed by atoms with van der Waals surface area (Å²) in [5.74, 6) is -2.95. The second-order valence-corrected chi connectivity index (χ2v) is 4.95. The van der Waals surface area contributed by atoms with Gasteiger partial charge >= 0.3 is 0 Å². The fourth-order valence-electron chi connectivity index (χ4n) is 2.44. The van der Waals surface area contributed by atoms with Crippen molar-refractivity contribution >= 4 is 0 Å². The van der Waals surface area contributed by atoms with Gasteiger partial charge in [-0.2, -0.15) is 8.78 Å². The Kier molecular flexibility index (Phi) is 3.97. The molecule has 4 heteroatoms. The Morgan fingerprint density at radius 1 is 1.17 bits per heavy atom. The molecule has 2 N–H and O–H groups in total. The molecule has 2 rings (SSSR count). The van der Waals surface area contributed by atoms with Crippen LogP contribution < -0.4 is 5.73 Å². The van der Waals surface area contributed by atoms with Crippen molar-refractivity contribution in [2.45, 2.75) is 37.2 Å². The largest absolute Gasteiger partial charge is 0.367 e. The van der Waals surface area contributed by atoms with Gasteiger partial charge in [0.15, 0.2) is 0 Å². The van der Waals surface area contributed by atoms with Gasteiger partial charge in [-0.15, -0.1) is 0 Å². The maximum Gasteiger partial charge on any atom is 0.296 e. The molecule has 0 atom stereocenters. The molecule has 0 bridgehead atoms. The van der Waals surface area contributed by atoms with Gasteiger partial charge in [0, 0.05) is 12.1 Å². The number of nitrogens with two attached hydrogens (primary N) is 1. The average Bonchev–Trinajstić information content (AvgIpc) is 2.87. The molecule has 0 aliphatic heterocycles. The molecule has 18 heavy (non-hydrogen) atoms. The third kappa shape index (κ3) is 2.87. The molecule has 1 fully saturated rings. The summed E-state index contributed by atoms with van der Waals surface area (Å²) in [5, 5.41) is 0. The lowest BCUT2D eigenvalue weighted by Crippen LogP contribution is -2.40. The van der Waals surface area contributed by atoms with E-state index in [-0.39, 0.29) is 5.56 Å². The molecule has 0 amide bonds. The van der Waals surface area contributed by atoms with E-state index in [9.17, 15) is 8.78 Å². The zero-order valence-electron chi connectivity index (χ0n) is 10.4. The van der Waals surface area contributed by atoms with Crippen LogP contribution in [0.15, 0.2) is 30.3 Å². The van der Waals surface area contributed by atoms with Gasteiger partial charge in [-0.05, 0) is 12.8 Å². The van der Waals surface area contributed by atoms with E-state index >= 15 is 0 Å². The smallest absolute Gasteiger partial charge is 0.296 e. The quantitative estimate of drug-likeness (QED) is 0.877. The molecule has 2 nitrogen and oxygen atoms in total. The van der Waals surface area contributed by atoms with Gasteiger partial charge in [0.1, 0.15) is 6.61 Å². The first kappa shape index (κ1) is 13.4. The summed E-state index contributed by atoms with van der Waals surface area (Å²) in [6, 6.07) is 7.79. The van der Waals surface area contributed by atoms with Crippen LogP contribution in [0.2, 0.25) is 0 Å². The standard InChI is InChI=1S/C14H19F2NO/c15-14(16,12-6-2-1-3-7-12)11-18-13(10-17)8-4-5-9-13/h1-3,6-7H,4-5,8-11,17H2. The lowest BCUT2D eigenvalue weighted by atomic mass is 10.0. The fraction of sp³-hybridized carbons (Fsp3) is 0.571. The fourth-order valence-corrected chi connectivity index (χ4v) is 2.44. The summed E-state index contributed by atoms with van der Waals surface area (Å²) in [7, 11) is 0. The Morgan fingerprint density at radius 2 is 1.78 bits per heavy atom. The average molecular weight is 255 g/mol. The topological polar surface area (TPSA) is 35.2 Å². The molecular weight excluding hydrogens is 236 g/mol. The molecule has 1 aliphatic rings. The number of alkyl halides is 2. The first-order valence-corrected chi connectivity index (χ1v) is 6.35. The van der Waals surface area contributed by atoms with Crippen molar-refractivity contribution in [3.8, 4) is 0 Å². The number of halogens is 2. The Balaban J connectivity index is 2.00. The second kappa shape index (κ2) is 5.33. The van der Waals surface area contributed by atoms with Crippen molar-refractivity contribution in [2.24, 2.45) is 5.73 Å². The van der Waals surface area contributed by atoms with Crippen LogP contribution in [0.5, 0.6) is 0 Å². The van der Waals surface area contributed by atoms with Crippen LogP contribution in [0.25, 0.3) is 0 Å². The molecule has 1 saturated carbocycles. The zero-order chi connectivity index (χ0) is 13.1. The van der Waals surface area contributed by atoms with Crippen LogP contribution in [0.4, 0.5) is 8.78 Å². The van der Waals surface area contributed by atoms with Crippen LogP contribution in [0, 0.1) is 0 Å². The minimum atomic E-state index is -2.95. The van der Waals surface area contributed by atoms with E-state index in [4.69, 9.17) is 10.5 Å². The van der Waals surface area contributed by atoms with Crippen LogP contribution in [0.1, 0.15) is 31.2 Å². The Hall–Kier alpha value is -1.00. The highest BCUT2D eigenvalue weighted by molar-refractivity contribution is 5.20. The highest BCUT2D eigenvalue weighted by Gasteiger charge is 2.39. The molecule has 0 heterocycles. The van der Waals surface area contributed by atoms with Gasteiger partial charge in [0.2, 0.25) is 0 Å². The number of hydrogen-bond acceptors (Lipinski definition) is 2. The van der Waals surface area contributed by atoms with Gasteiger partial charge in [0.25, 0.3) is 5.92 Å². The molecule has 0 spiro atoms. The Morgan fingerprint density at radius 3 is 2.33 bits per heavy atom. The summed E-state index contributed by atoms with van der Waals surface area (Å²) in [6.07, 6.45) is 3.59. The second-order valence-electron chi connectivity index (χ2n) is 4.95. The minimum absolute atomic E-state index is 0.00447. The van der Waals surface area contributed by atoms with Crippen molar-refractivity contribution in [2.75, 3.05) is 13.2 Å². The molecule has 0 aromatic heterocycles. The van der Waals surface area contributed by atoms with Crippen molar-refractivity contribution < 1.29 is 13.5 Å². The predicted molar refractivity (Wildman–Crippen MR) is 66.5 cm³/mol. The molecule has 1 aliphatic carbocycles. The highest BCUT2D eigenvalue weighted by atomic mass is 19.3. The van der Waals surface area contributed by atoms with Crippen molar-refractivity contribution in [1.82, 2.24) is 0 Å². The first-order valence-electron chi connectivity index (χ1n) is 6.35. The van der Waals surface area contributed by atoms with Crippen LogP contribution in [0.3, 0.4) is 0 Å². The van der Waals surface area contributed by atoms with Crippen molar-refractivity contribution in [1.29, 1.82) is 0 Å². The normalized spacial score (nSPS) is 19.1. The van der Waals surface area contributed by atoms with Crippen LogP contribution in [-0.2, 0) is 10.7 Å². The Labute approximate surface area is 106 Å². The van der Waals surface area contributed by atoms with Crippen LogP contribution >= 0.6 is 0 Å². The van der Waals surface area contributed by atoms with E-state index in [0.29, 0.717) is 6.54 Å². The van der Waals surface area contributed by atoms with Gasteiger partial charge < -0.3 is 10.5 Å². The molecule has 0 unspecified atom stereocenters. The third-order valence-electron chi connectivity index (χ3n) is 3.64. The van der Waals surface area contributed by atoms with Gasteiger partial charge in [-0.25, -0.2) is 0 Å². The zero-order valence-corrected chi connectivity index (χ0v) is 10.4. The van der Waals surface area contributed by atoms with Gasteiger partial charge in [-0.3, -0.25) is 0 Å². The maximum absolute atomic E-state index is 13.9. The molecule has 1 aromatic rings. The monoisotopic (exact) mass is 255 g/mol. The molecule has 0 radical (unpaired) electrons. The summed E-state index contributed by atoms with van der Waals surface area (Å²) < 4.78 is 33.4. The Bertz CT molecular complexity index is 375. The summed E-state index contributed by atoms with van der Waals surface area (Å²) in [5.41, 5.74) is 5.13. The van der Waals surface area contributed by atoms with E-state index in [2.05, 4.69) is 0 Å². The molecular formula is C14H19F2NO. The third-order valence-corrected chi connectivity index (χ3v) is 3.64. The lowest BCUT2D eigenvalue weighted by molar-refractivity contribution is -0.138. The van der Waals surface area contributed by atoms with E-state index in [0.717, 1.165) is 25.7 Å². The number of hydrogen-bond donors (Lipinski definition) is 1. The summed E-state index contributed by atoms with van der Waals surface area (Å²) >= 11 is 0. The molecule has 0 saturated heterocycles. The highest BCUT2D eigenvalue weighted by Crippen LogP contribution is 2.36. The molecule has 100 valence electrons. The van der Waals surface area contributed by atoms with E-state index in [1.54, 1.807) is 18.2 Å². The van der Waals surface area contributed by atoms with Crippen molar-refractivity contribution in [3.63, 3.8) is 0 Å². The van der Waals surface area contributed by atoms with Gasteiger partial charge in [0.05, 0.1) is 5.60 Å². The lowest BCUT2D eigenvalue weighted by Gasteiger charge is -2.30. The SMILES string of the molecule is NCC1(OCC(F)(F)c2ccccc2)CCCC1. The van der Waals surface area contributed by atoms with E-state index in [1.807, 2.05) is 0 Å². The van der Waals surface area contributed by atoms with E-state index < -0.39 is 18.1 Å². The molecule has 1 aromatic carbocycles. The first-order chi connectivity index (χ1) is 8.58. The number of ether oxygens (including phenoxy) is 1. The number of rotatable bonds is 5. The minimum Gasteiger partial charge on any atom is -0.367 e. The number of benzene rings is 1. The predicted octanol–water partition coefficient (Wildman–Crippen LogP) is 3.07. The van der Waals surface area contributed by atoms with Crippen molar-refractivity contribution in [3.05, 3.63) is 35.9 Å².